The Morgan fingerprint density at radius 2 is 1.73 bits per heavy atom. The van der Waals surface area contributed by atoms with E-state index in [1.807, 2.05) is 18.3 Å². The second kappa shape index (κ2) is 6.44. The molecular formula is C20H20N2. The van der Waals surface area contributed by atoms with Crippen LogP contribution >= 0.6 is 0 Å². The van der Waals surface area contributed by atoms with Gasteiger partial charge in [-0.05, 0) is 28.8 Å². The van der Waals surface area contributed by atoms with Gasteiger partial charge in [-0.15, -0.1) is 0 Å². The minimum atomic E-state index is 0.795. The number of hydrogen-bond donors (Lipinski definition) is 0. The normalized spacial score (nSPS) is 11.2. The highest BCUT2D eigenvalue weighted by Gasteiger charge is 2.02. The topological polar surface area (TPSA) is 15.6 Å². The summed E-state index contributed by atoms with van der Waals surface area (Å²) in [4.78, 5) is 0. The Morgan fingerprint density at radius 3 is 2.59 bits per heavy atom. The molecule has 22 heavy (non-hydrogen) atoms. The van der Waals surface area contributed by atoms with Crippen LogP contribution in [0.2, 0.25) is 0 Å². The maximum atomic E-state index is 4.55. The van der Waals surface area contributed by atoms with Crippen LogP contribution in [0.15, 0.2) is 71.8 Å². The van der Waals surface area contributed by atoms with Crippen molar-refractivity contribution >= 4 is 17.0 Å². The number of hydrogen-bond acceptors (Lipinski definition) is 2. The lowest BCUT2D eigenvalue weighted by Crippen LogP contribution is -2.11. The van der Waals surface area contributed by atoms with E-state index in [0.717, 1.165) is 12.1 Å². The summed E-state index contributed by atoms with van der Waals surface area (Å²) in [7, 11) is 2.01. The second-order valence-corrected chi connectivity index (χ2v) is 5.61. The summed E-state index contributed by atoms with van der Waals surface area (Å²) in [5.74, 6) is 0. The fraction of sp³-hybridized carbons (Fsp3) is 0.150. The first-order chi connectivity index (χ1) is 10.7. The zero-order valence-electron chi connectivity index (χ0n) is 13.0. The lowest BCUT2D eigenvalue weighted by atomic mass is 10.0. The van der Waals surface area contributed by atoms with E-state index in [4.69, 9.17) is 0 Å². The summed E-state index contributed by atoms with van der Waals surface area (Å²) in [6.45, 7) is 2.89. The first-order valence-electron chi connectivity index (χ1n) is 7.51. The molecule has 0 aliphatic heterocycles. The van der Waals surface area contributed by atoms with Crippen molar-refractivity contribution in [2.24, 2.45) is 5.10 Å². The molecule has 0 unspecified atom stereocenters. The van der Waals surface area contributed by atoms with Crippen molar-refractivity contribution in [3.05, 3.63) is 83.4 Å². The van der Waals surface area contributed by atoms with E-state index in [1.165, 1.54) is 21.9 Å². The Morgan fingerprint density at radius 1 is 0.955 bits per heavy atom. The van der Waals surface area contributed by atoms with Gasteiger partial charge in [0.1, 0.15) is 0 Å². The van der Waals surface area contributed by atoms with Gasteiger partial charge in [-0.3, -0.25) is 5.01 Å². The highest BCUT2D eigenvalue weighted by atomic mass is 15.4. The van der Waals surface area contributed by atoms with Gasteiger partial charge in [0, 0.05) is 7.05 Å². The molecule has 0 amide bonds. The largest absolute Gasteiger partial charge is 0.296 e. The zero-order valence-corrected chi connectivity index (χ0v) is 13.0. The van der Waals surface area contributed by atoms with Crippen LogP contribution in [-0.2, 0) is 6.54 Å². The minimum absolute atomic E-state index is 0.795. The van der Waals surface area contributed by atoms with Crippen molar-refractivity contribution in [1.29, 1.82) is 0 Å². The van der Waals surface area contributed by atoms with Gasteiger partial charge in [0.2, 0.25) is 0 Å². The van der Waals surface area contributed by atoms with Gasteiger partial charge in [-0.25, -0.2) is 0 Å². The lowest BCUT2D eigenvalue weighted by Gasteiger charge is -2.14. The van der Waals surface area contributed by atoms with Crippen LogP contribution in [0.4, 0.5) is 0 Å². The summed E-state index contributed by atoms with van der Waals surface area (Å²) >= 11 is 0. The third-order valence-electron chi connectivity index (χ3n) is 3.73. The molecule has 3 rings (SSSR count). The van der Waals surface area contributed by atoms with E-state index >= 15 is 0 Å². The molecule has 3 aromatic carbocycles. The molecule has 2 heteroatoms. The predicted octanol–water partition coefficient (Wildman–Crippen LogP) is 4.61. The summed E-state index contributed by atoms with van der Waals surface area (Å²) in [6, 6.07) is 23.3. The van der Waals surface area contributed by atoms with Gasteiger partial charge in [0.15, 0.2) is 0 Å². The van der Waals surface area contributed by atoms with E-state index in [-0.39, 0.29) is 0 Å². The van der Waals surface area contributed by atoms with E-state index < -0.39 is 0 Å². The van der Waals surface area contributed by atoms with Gasteiger partial charge < -0.3 is 0 Å². The number of rotatable bonds is 4. The minimum Gasteiger partial charge on any atom is -0.296 e. The molecule has 0 saturated carbocycles. The maximum absolute atomic E-state index is 4.55. The summed E-state index contributed by atoms with van der Waals surface area (Å²) in [5, 5.41) is 9.09. The second-order valence-electron chi connectivity index (χ2n) is 5.61. The molecule has 0 spiro atoms. The van der Waals surface area contributed by atoms with Gasteiger partial charge in [0.25, 0.3) is 0 Å². The first-order valence-corrected chi connectivity index (χ1v) is 7.51. The molecule has 0 fully saturated rings. The molecule has 0 N–H and O–H groups in total. The zero-order chi connectivity index (χ0) is 15.4. The van der Waals surface area contributed by atoms with Gasteiger partial charge in [0.05, 0.1) is 12.8 Å². The van der Waals surface area contributed by atoms with Crippen LogP contribution in [0, 0.1) is 6.92 Å². The highest BCUT2D eigenvalue weighted by molar-refractivity contribution is 5.85. The quantitative estimate of drug-likeness (QED) is 0.505. The Kier molecular flexibility index (Phi) is 4.19. The molecule has 2 nitrogen and oxygen atoms in total. The standard InChI is InChI=1S/C20H20N2/c1-16-7-5-8-17(13-16)14-21-22(2)15-19-11-6-10-18-9-3-4-12-20(18)19/h3-14H,15H2,1-2H3/b21-14-. The number of nitrogens with zero attached hydrogens (tertiary/aromatic N) is 2. The van der Waals surface area contributed by atoms with Crippen LogP contribution in [0.5, 0.6) is 0 Å². The number of benzene rings is 3. The Bertz CT molecular complexity index is 800. The summed E-state index contributed by atoms with van der Waals surface area (Å²) in [6.07, 6.45) is 1.91. The van der Waals surface area contributed by atoms with Gasteiger partial charge in [-0.2, -0.15) is 5.10 Å². The van der Waals surface area contributed by atoms with Crippen LogP contribution in [0.25, 0.3) is 10.8 Å². The van der Waals surface area contributed by atoms with Crippen molar-refractivity contribution in [1.82, 2.24) is 5.01 Å². The molecular weight excluding hydrogens is 268 g/mol. The monoisotopic (exact) mass is 288 g/mol. The van der Waals surface area contributed by atoms with Crippen molar-refractivity contribution in [2.45, 2.75) is 13.5 Å². The number of hydrazone groups is 1. The molecule has 0 aromatic heterocycles. The Hall–Kier alpha value is -2.61. The summed E-state index contributed by atoms with van der Waals surface area (Å²) < 4.78 is 0. The molecule has 0 atom stereocenters. The third-order valence-corrected chi connectivity index (χ3v) is 3.73. The molecule has 0 aliphatic rings. The van der Waals surface area contributed by atoms with Crippen LogP contribution in [0.3, 0.4) is 0 Å². The maximum Gasteiger partial charge on any atom is 0.0613 e. The molecule has 3 aromatic rings. The van der Waals surface area contributed by atoms with Crippen molar-refractivity contribution < 1.29 is 0 Å². The SMILES string of the molecule is Cc1cccc(/C=N\N(C)Cc2cccc3ccccc23)c1. The average Bonchev–Trinajstić information content (AvgIpc) is 2.53. The molecule has 0 bridgehead atoms. The van der Waals surface area contributed by atoms with E-state index in [1.54, 1.807) is 0 Å². The van der Waals surface area contributed by atoms with E-state index in [0.29, 0.717) is 0 Å². The molecule has 0 aliphatic carbocycles. The Balaban J connectivity index is 1.77. The first kappa shape index (κ1) is 14.3. The van der Waals surface area contributed by atoms with Crippen molar-refractivity contribution in [2.75, 3.05) is 7.05 Å². The van der Waals surface area contributed by atoms with Gasteiger partial charge >= 0.3 is 0 Å². The fourth-order valence-electron chi connectivity index (χ4n) is 2.63. The van der Waals surface area contributed by atoms with E-state index in [2.05, 4.69) is 78.8 Å². The number of fused-ring (bicyclic) bond motifs is 1. The third kappa shape index (κ3) is 3.34. The molecule has 0 radical (unpaired) electrons. The fourth-order valence-corrected chi connectivity index (χ4v) is 2.63. The van der Waals surface area contributed by atoms with Crippen molar-refractivity contribution in [3.63, 3.8) is 0 Å². The van der Waals surface area contributed by atoms with Crippen LogP contribution in [0.1, 0.15) is 16.7 Å². The Labute approximate surface area is 131 Å². The summed E-state index contributed by atoms with van der Waals surface area (Å²) in [5.41, 5.74) is 3.67. The molecule has 0 saturated heterocycles. The number of aryl methyl sites for hydroxylation is 1. The van der Waals surface area contributed by atoms with E-state index in [9.17, 15) is 0 Å². The lowest BCUT2D eigenvalue weighted by molar-refractivity contribution is 0.350. The van der Waals surface area contributed by atoms with Crippen LogP contribution in [-0.4, -0.2) is 18.3 Å². The van der Waals surface area contributed by atoms with Gasteiger partial charge in [-0.1, -0.05) is 72.3 Å². The van der Waals surface area contributed by atoms with Crippen molar-refractivity contribution in [3.8, 4) is 0 Å². The van der Waals surface area contributed by atoms with Crippen LogP contribution < -0.4 is 0 Å². The predicted molar refractivity (Wildman–Crippen MR) is 94.2 cm³/mol. The smallest absolute Gasteiger partial charge is 0.0613 e. The molecule has 110 valence electrons. The highest BCUT2D eigenvalue weighted by Crippen LogP contribution is 2.19. The molecule has 0 heterocycles. The average molecular weight is 288 g/mol.